The minimum Gasteiger partial charge on any atom is -0.377 e. The number of hydrogen-bond acceptors (Lipinski definition) is 4. The maximum absolute atomic E-state index is 9.10. The molecule has 0 radical (unpaired) electrons. The van der Waals surface area contributed by atoms with Gasteiger partial charge in [-0.05, 0) is 34.8 Å². The summed E-state index contributed by atoms with van der Waals surface area (Å²) < 4.78 is 6.55. The van der Waals surface area contributed by atoms with Crippen molar-refractivity contribution in [3.8, 4) is 6.07 Å². The Hall–Kier alpha value is -0.410. The SMILES string of the molecule is N#CC(NCC1CCCO1)c1cc(Br)cs1. The maximum Gasteiger partial charge on any atom is 0.130 e. The molecule has 0 amide bonds. The molecule has 0 saturated carbocycles. The molecule has 1 N–H and O–H groups in total. The Morgan fingerprint density at radius 2 is 2.62 bits per heavy atom. The van der Waals surface area contributed by atoms with Crippen molar-refractivity contribution < 1.29 is 4.74 Å². The van der Waals surface area contributed by atoms with Crippen LogP contribution in [0.15, 0.2) is 15.9 Å². The molecule has 16 heavy (non-hydrogen) atoms. The molecule has 0 aliphatic carbocycles. The van der Waals surface area contributed by atoms with E-state index in [1.807, 2.05) is 11.4 Å². The molecule has 1 aromatic heterocycles. The van der Waals surface area contributed by atoms with Crippen LogP contribution in [-0.4, -0.2) is 19.3 Å². The topological polar surface area (TPSA) is 45.0 Å². The van der Waals surface area contributed by atoms with Gasteiger partial charge in [0.25, 0.3) is 0 Å². The van der Waals surface area contributed by atoms with Crippen molar-refractivity contribution in [2.75, 3.05) is 13.2 Å². The molecule has 1 fully saturated rings. The van der Waals surface area contributed by atoms with Crippen molar-refractivity contribution in [2.24, 2.45) is 0 Å². The summed E-state index contributed by atoms with van der Waals surface area (Å²) in [5, 5.41) is 14.3. The second-order valence-corrected chi connectivity index (χ2v) is 5.63. The molecule has 86 valence electrons. The zero-order valence-corrected chi connectivity index (χ0v) is 11.2. The molecule has 2 atom stereocenters. The molecular formula is C11H13BrN2OS. The smallest absolute Gasteiger partial charge is 0.130 e. The van der Waals surface area contributed by atoms with Crippen LogP contribution in [0.5, 0.6) is 0 Å². The Balaban J connectivity index is 1.88. The molecule has 1 aromatic rings. The highest BCUT2D eigenvalue weighted by Crippen LogP contribution is 2.25. The molecular weight excluding hydrogens is 288 g/mol. The third kappa shape index (κ3) is 3.05. The van der Waals surface area contributed by atoms with Crippen LogP contribution in [0.4, 0.5) is 0 Å². The van der Waals surface area contributed by atoms with Gasteiger partial charge in [0.15, 0.2) is 0 Å². The van der Waals surface area contributed by atoms with Crippen molar-refractivity contribution in [3.63, 3.8) is 0 Å². The summed E-state index contributed by atoms with van der Waals surface area (Å²) >= 11 is 4.99. The van der Waals surface area contributed by atoms with Crippen molar-refractivity contribution in [1.29, 1.82) is 5.26 Å². The van der Waals surface area contributed by atoms with Gasteiger partial charge in [-0.2, -0.15) is 5.26 Å². The van der Waals surface area contributed by atoms with Crippen molar-refractivity contribution in [3.05, 3.63) is 20.8 Å². The molecule has 2 unspecified atom stereocenters. The molecule has 1 aliphatic rings. The third-order valence-corrected chi connectivity index (χ3v) is 4.33. The molecule has 0 bridgehead atoms. The van der Waals surface area contributed by atoms with Gasteiger partial charge >= 0.3 is 0 Å². The van der Waals surface area contributed by atoms with Crippen LogP contribution in [0, 0.1) is 11.3 Å². The fraction of sp³-hybridized carbons (Fsp3) is 0.545. The van der Waals surface area contributed by atoms with E-state index in [-0.39, 0.29) is 12.1 Å². The first-order chi connectivity index (χ1) is 7.79. The zero-order valence-electron chi connectivity index (χ0n) is 8.78. The third-order valence-electron chi connectivity index (χ3n) is 2.57. The number of nitrogens with one attached hydrogen (secondary N) is 1. The lowest BCUT2D eigenvalue weighted by Crippen LogP contribution is -2.28. The normalized spacial score (nSPS) is 21.9. The number of hydrogen-bond donors (Lipinski definition) is 1. The Kier molecular flexibility index (Phi) is 4.36. The summed E-state index contributed by atoms with van der Waals surface area (Å²) in [6.45, 7) is 1.61. The van der Waals surface area contributed by atoms with Crippen LogP contribution in [0.3, 0.4) is 0 Å². The molecule has 1 aliphatic heterocycles. The van der Waals surface area contributed by atoms with Gasteiger partial charge in [0.1, 0.15) is 6.04 Å². The lowest BCUT2D eigenvalue weighted by Gasteiger charge is -2.13. The fourth-order valence-corrected chi connectivity index (χ4v) is 3.21. The van der Waals surface area contributed by atoms with Crippen LogP contribution < -0.4 is 5.32 Å². The standard InChI is InChI=1S/C11H13BrN2OS/c12-8-4-11(16-7-8)10(5-13)14-6-9-2-1-3-15-9/h4,7,9-10,14H,1-3,6H2. The Labute approximate surface area is 108 Å². The van der Waals surface area contributed by atoms with Gasteiger partial charge < -0.3 is 4.74 Å². The van der Waals surface area contributed by atoms with Crippen LogP contribution in [0.1, 0.15) is 23.8 Å². The first-order valence-corrected chi connectivity index (χ1v) is 6.95. The highest BCUT2D eigenvalue weighted by molar-refractivity contribution is 9.10. The number of rotatable bonds is 4. The van der Waals surface area contributed by atoms with Gasteiger partial charge in [-0.3, -0.25) is 5.32 Å². The van der Waals surface area contributed by atoms with Crippen LogP contribution in [0.25, 0.3) is 0 Å². The van der Waals surface area contributed by atoms with E-state index >= 15 is 0 Å². The number of nitrogens with zero attached hydrogens (tertiary/aromatic N) is 1. The largest absolute Gasteiger partial charge is 0.377 e. The Morgan fingerprint density at radius 1 is 1.75 bits per heavy atom. The van der Waals surface area contributed by atoms with Crippen molar-refractivity contribution >= 4 is 27.3 Å². The summed E-state index contributed by atoms with van der Waals surface area (Å²) in [5.41, 5.74) is 0. The summed E-state index contributed by atoms with van der Waals surface area (Å²) in [7, 11) is 0. The summed E-state index contributed by atoms with van der Waals surface area (Å²) in [4.78, 5) is 1.05. The van der Waals surface area contributed by atoms with E-state index in [4.69, 9.17) is 10.00 Å². The molecule has 0 spiro atoms. The minimum absolute atomic E-state index is 0.222. The Morgan fingerprint density at radius 3 is 3.19 bits per heavy atom. The molecule has 3 nitrogen and oxygen atoms in total. The van der Waals surface area contributed by atoms with E-state index < -0.39 is 0 Å². The predicted octanol–water partition coefficient (Wildman–Crippen LogP) is 2.84. The lowest BCUT2D eigenvalue weighted by molar-refractivity contribution is 0.109. The second-order valence-electron chi connectivity index (χ2n) is 3.77. The average molecular weight is 301 g/mol. The van der Waals surface area contributed by atoms with Gasteiger partial charge in [0, 0.05) is 27.9 Å². The predicted molar refractivity (Wildman–Crippen MR) is 67.3 cm³/mol. The highest BCUT2D eigenvalue weighted by Gasteiger charge is 2.18. The monoisotopic (exact) mass is 300 g/mol. The quantitative estimate of drug-likeness (QED) is 0.930. The number of ether oxygens (including phenoxy) is 1. The number of halogens is 1. The highest BCUT2D eigenvalue weighted by atomic mass is 79.9. The fourth-order valence-electron chi connectivity index (χ4n) is 1.74. The Bertz CT molecular complexity index is 382. The van der Waals surface area contributed by atoms with Gasteiger partial charge in [-0.15, -0.1) is 11.3 Å². The van der Waals surface area contributed by atoms with E-state index in [0.29, 0.717) is 0 Å². The summed E-state index contributed by atoms with van der Waals surface area (Å²) in [5.74, 6) is 0. The van der Waals surface area contributed by atoms with E-state index in [2.05, 4.69) is 27.3 Å². The second kappa shape index (κ2) is 5.78. The van der Waals surface area contributed by atoms with E-state index in [9.17, 15) is 0 Å². The first-order valence-electron chi connectivity index (χ1n) is 5.28. The molecule has 0 aromatic carbocycles. The van der Waals surface area contributed by atoms with Gasteiger partial charge in [-0.1, -0.05) is 0 Å². The molecule has 2 heterocycles. The number of thiophene rings is 1. The summed E-state index contributed by atoms with van der Waals surface area (Å²) in [6, 6.07) is 4.04. The van der Waals surface area contributed by atoms with Crippen LogP contribution in [-0.2, 0) is 4.74 Å². The van der Waals surface area contributed by atoms with E-state index in [0.717, 1.165) is 35.3 Å². The molecule has 1 saturated heterocycles. The van der Waals surface area contributed by atoms with E-state index in [1.54, 1.807) is 11.3 Å². The van der Waals surface area contributed by atoms with E-state index in [1.165, 1.54) is 0 Å². The van der Waals surface area contributed by atoms with Crippen molar-refractivity contribution in [1.82, 2.24) is 5.32 Å². The van der Waals surface area contributed by atoms with Crippen molar-refractivity contribution in [2.45, 2.75) is 25.0 Å². The molecule has 5 heteroatoms. The maximum atomic E-state index is 9.10. The lowest BCUT2D eigenvalue weighted by atomic mass is 10.2. The van der Waals surface area contributed by atoms with Gasteiger partial charge in [0.2, 0.25) is 0 Å². The van der Waals surface area contributed by atoms with Crippen LogP contribution >= 0.6 is 27.3 Å². The average Bonchev–Trinajstić information content (AvgIpc) is 2.91. The minimum atomic E-state index is -0.222. The van der Waals surface area contributed by atoms with Gasteiger partial charge in [-0.25, -0.2) is 0 Å². The first kappa shape index (κ1) is 12.1. The molecule has 2 rings (SSSR count). The number of nitriles is 1. The van der Waals surface area contributed by atoms with Gasteiger partial charge in [0.05, 0.1) is 12.2 Å². The van der Waals surface area contributed by atoms with Crippen LogP contribution in [0.2, 0.25) is 0 Å². The zero-order chi connectivity index (χ0) is 11.4. The summed E-state index contributed by atoms with van der Waals surface area (Å²) in [6.07, 6.45) is 2.51.